The Morgan fingerprint density at radius 1 is 1.14 bits per heavy atom. The molecule has 0 aliphatic rings. The van der Waals surface area contributed by atoms with Crippen molar-refractivity contribution >= 4 is 35.1 Å². The van der Waals surface area contributed by atoms with Crippen LogP contribution in [0, 0.1) is 6.92 Å². The van der Waals surface area contributed by atoms with E-state index in [1.807, 2.05) is 31.2 Å². The van der Waals surface area contributed by atoms with Gasteiger partial charge < -0.3 is 19.7 Å². The summed E-state index contributed by atoms with van der Waals surface area (Å²) in [6.45, 7) is 1.24. The van der Waals surface area contributed by atoms with Crippen LogP contribution in [0.15, 0.2) is 42.5 Å². The molecule has 8 heteroatoms. The first-order valence-corrected chi connectivity index (χ1v) is 9.25. The molecule has 0 unspecified atom stereocenters. The van der Waals surface area contributed by atoms with Gasteiger partial charge in [0.25, 0.3) is 5.91 Å². The molecule has 0 atom stereocenters. The highest BCUT2D eigenvalue weighted by Gasteiger charge is 2.17. The quantitative estimate of drug-likeness (QED) is 0.666. The Morgan fingerprint density at radius 3 is 2.55 bits per heavy atom. The number of nitrogens with zero attached hydrogens (tertiary/aromatic N) is 1. The Kier molecular flexibility index (Phi) is 8.03. The summed E-state index contributed by atoms with van der Waals surface area (Å²) in [6, 6.07) is 12.3. The van der Waals surface area contributed by atoms with Gasteiger partial charge in [0.1, 0.15) is 5.75 Å². The summed E-state index contributed by atoms with van der Waals surface area (Å²) in [7, 11) is 2.92. The highest BCUT2D eigenvalue weighted by atomic mass is 35.5. The maximum atomic E-state index is 12.2. The molecule has 1 N–H and O–H groups in total. The zero-order chi connectivity index (χ0) is 21.4. The van der Waals surface area contributed by atoms with Gasteiger partial charge >= 0.3 is 5.97 Å². The number of benzene rings is 2. The van der Waals surface area contributed by atoms with E-state index in [2.05, 4.69) is 5.32 Å². The lowest BCUT2D eigenvalue weighted by molar-refractivity contribution is -0.151. The first-order chi connectivity index (χ1) is 13.8. The van der Waals surface area contributed by atoms with Gasteiger partial charge in [-0.1, -0.05) is 35.9 Å². The predicted molar refractivity (Wildman–Crippen MR) is 110 cm³/mol. The van der Waals surface area contributed by atoms with Crippen molar-refractivity contribution < 1.29 is 23.9 Å². The van der Waals surface area contributed by atoms with Gasteiger partial charge in [0.15, 0.2) is 6.61 Å². The number of hydrogen-bond donors (Lipinski definition) is 1. The van der Waals surface area contributed by atoms with Crippen molar-refractivity contribution in [2.75, 3.05) is 32.6 Å². The van der Waals surface area contributed by atoms with E-state index < -0.39 is 24.4 Å². The number of halogens is 1. The van der Waals surface area contributed by atoms with Gasteiger partial charge in [-0.2, -0.15) is 0 Å². The van der Waals surface area contributed by atoms with Crippen molar-refractivity contribution in [3.63, 3.8) is 0 Å². The van der Waals surface area contributed by atoms with Crippen LogP contribution in [0.3, 0.4) is 0 Å². The molecule has 0 fully saturated rings. The fourth-order valence-electron chi connectivity index (χ4n) is 2.54. The molecule has 2 aromatic carbocycles. The van der Waals surface area contributed by atoms with E-state index in [9.17, 15) is 14.4 Å². The van der Waals surface area contributed by atoms with Crippen molar-refractivity contribution in [2.24, 2.45) is 0 Å². The van der Waals surface area contributed by atoms with Crippen molar-refractivity contribution in [3.05, 3.63) is 58.6 Å². The maximum absolute atomic E-state index is 12.2. The molecule has 0 bridgehead atoms. The molecule has 0 radical (unpaired) electrons. The molecule has 0 saturated heterocycles. The second kappa shape index (κ2) is 10.5. The summed E-state index contributed by atoms with van der Waals surface area (Å²) >= 11 is 5.93. The first kappa shape index (κ1) is 22.2. The molecule has 2 amide bonds. The predicted octanol–water partition coefficient (Wildman–Crippen LogP) is 2.84. The minimum atomic E-state index is -0.505. The van der Waals surface area contributed by atoms with Crippen LogP contribution < -0.4 is 10.1 Å². The minimum absolute atomic E-state index is 0.0821. The number of esters is 1. The summed E-state index contributed by atoms with van der Waals surface area (Å²) < 4.78 is 10.2. The van der Waals surface area contributed by atoms with E-state index in [0.717, 1.165) is 11.1 Å². The lowest BCUT2D eigenvalue weighted by atomic mass is 10.1. The third-order valence-electron chi connectivity index (χ3n) is 4.19. The van der Waals surface area contributed by atoms with Gasteiger partial charge in [0.2, 0.25) is 5.91 Å². The van der Waals surface area contributed by atoms with E-state index in [0.29, 0.717) is 16.5 Å². The van der Waals surface area contributed by atoms with Crippen LogP contribution in [0.2, 0.25) is 5.02 Å². The number of anilines is 1. The summed E-state index contributed by atoms with van der Waals surface area (Å²) in [6.07, 6.45) is 0.0821. The fourth-order valence-corrected chi connectivity index (χ4v) is 2.71. The summed E-state index contributed by atoms with van der Waals surface area (Å²) in [5.74, 6) is -0.986. The summed E-state index contributed by atoms with van der Waals surface area (Å²) in [5, 5.41) is 3.08. The average Bonchev–Trinajstić information content (AvgIpc) is 2.68. The number of rotatable bonds is 8. The number of hydrogen-bond acceptors (Lipinski definition) is 5. The Morgan fingerprint density at radius 2 is 1.86 bits per heavy atom. The highest BCUT2D eigenvalue weighted by molar-refractivity contribution is 6.31. The molecular weight excluding hydrogens is 396 g/mol. The highest BCUT2D eigenvalue weighted by Crippen LogP contribution is 2.27. The normalized spacial score (nSPS) is 10.2. The largest absolute Gasteiger partial charge is 0.495 e. The van der Waals surface area contributed by atoms with E-state index >= 15 is 0 Å². The van der Waals surface area contributed by atoms with Gasteiger partial charge in [0, 0.05) is 12.1 Å². The number of amides is 2. The molecule has 0 aliphatic heterocycles. The first-order valence-electron chi connectivity index (χ1n) is 8.87. The zero-order valence-electron chi connectivity index (χ0n) is 16.5. The van der Waals surface area contributed by atoms with Crippen LogP contribution in [0.25, 0.3) is 0 Å². The molecular formula is C21H23ClN2O5. The molecule has 0 aliphatic carbocycles. The van der Waals surface area contributed by atoms with E-state index in [1.165, 1.54) is 19.1 Å². The van der Waals surface area contributed by atoms with Crippen LogP contribution in [-0.2, 0) is 25.5 Å². The molecule has 7 nitrogen and oxygen atoms in total. The third kappa shape index (κ3) is 6.80. The van der Waals surface area contributed by atoms with Gasteiger partial charge in [0.05, 0.1) is 25.8 Å². The Bertz CT molecular complexity index is 900. The smallest absolute Gasteiger partial charge is 0.310 e. The lowest BCUT2D eigenvalue weighted by Crippen LogP contribution is -2.37. The van der Waals surface area contributed by atoms with Crippen molar-refractivity contribution in [1.82, 2.24) is 4.90 Å². The number of methoxy groups -OCH3 is 1. The van der Waals surface area contributed by atoms with Gasteiger partial charge in [-0.3, -0.25) is 14.4 Å². The zero-order valence-corrected chi connectivity index (χ0v) is 17.3. The Hall–Kier alpha value is -3.06. The van der Waals surface area contributed by atoms with Crippen molar-refractivity contribution in [2.45, 2.75) is 13.3 Å². The lowest BCUT2D eigenvalue weighted by Gasteiger charge is -2.17. The van der Waals surface area contributed by atoms with Crippen molar-refractivity contribution in [3.8, 4) is 5.75 Å². The number of carbonyl (C=O) groups is 3. The molecule has 0 spiro atoms. The second-order valence-corrected chi connectivity index (χ2v) is 6.84. The number of ether oxygens (including phenoxy) is 2. The molecule has 0 aromatic heterocycles. The Labute approximate surface area is 174 Å². The Balaban J connectivity index is 1.82. The number of carbonyl (C=O) groups excluding carboxylic acids is 3. The number of aryl methyl sites for hydroxylation is 1. The number of nitrogens with one attached hydrogen (secondary N) is 1. The monoisotopic (exact) mass is 418 g/mol. The third-order valence-corrected chi connectivity index (χ3v) is 4.43. The molecule has 154 valence electrons. The molecule has 0 heterocycles. The minimum Gasteiger partial charge on any atom is -0.495 e. The van der Waals surface area contributed by atoms with E-state index in [4.69, 9.17) is 21.1 Å². The van der Waals surface area contributed by atoms with Crippen LogP contribution in [0.1, 0.15) is 11.1 Å². The SMILES string of the molecule is COc1ccc(Cl)cc1NC(=O)CN(C)C(=O)COC(=O)Cc1ccccc1C. The van der Waals surface area contributed by atoms with Crippen LogP contribution in [0.4, 0.5) is 5.69 Å². The van der Waals surface area contributed by atoms with Gasteiger partial charge in [-0.05, 0) is 36.2 Å². The number of likely N-dealkylation sites (N-methyl/N-ethyl adjacent to an activating group) is 1. The molecule has 2 rings (SSSR count). The van der Waals surface area contributed by atoms with Gasteiger partial charge in [-0.15, -0.1) is 0 Å². The van der Waals surface area contributed by atoms with Gasteiger partial charge in [-0.25, -0.2) is 0 Å². The standard InChI is InChI=1S/C21H23ClN2O5/c1-14-6-4-5-7-15(14)10-21(27)29-13-20(26)24(2)12-19(25)23-17-11-16(22)8-9-18(17)28-3/h4-9,11H,10,12-13H2,1-3H3,(H,23,25). The molecule has 0 saturated carbocycles. The molecule has 2 aromatic rings. The molecule has 29 heavy (non-hydrogen) atoms. The average molecular weight is 419 g/mol. The van der Waals surface area contributed by atoms with Crippen molar-refractivity contribution in [1.29, 1.82) is 0 Å². The summed E-state index contributed by atoms with van der Waals surface area (Å²) in [4.78, 5) is 37.5. The van der Waals surface area contributed by atoms with Crippen LogP contribution >= 0.6 is 11.6 Å². The van der Waals surface area contributed by atoms with Crippen LogP contribution in [0.5, 0.6) is 5.75 Å². The van der Waals surface area contributed by atoms with E-state index in [-0.39, 0.29) is 13.0 Å². The fraction of sp³-hybridized carbons (Fsp3) is 0.286. The maximum Gasteiger partial charge on any atom is 0.310 e. The topological polar surface area (TPSA) is 84.9 Å². The van der Waals surface area contributed by atoms with Crippen LogP contribution in [-0.4, -0.2) is 50.0 Å². The van der Waals surface area contributed by atoms with E-state index in [1.54, 1.807) is 18.2 Å². The second-order valence-electron chi connectivity index (χ2n) is 6.41. The summed E-state index contributed by atoms with van der Waals surface area (Å²) in [5.41, 5.74) is 2.21.